The third-order valence-electron chi connectivity index (χ3n) is 4.02. The highest BCUT2D eigenvalue weighted by Crippen LogP contribution is 2.27. The van der Waals surface area contributed by atoms with E-state index in [9.17, 15) is 4.79 Å². The van der Waals surface area contributed by atoms with Gasteiger partial charge in [0, 0.05) is 6.54 Å². The van der Waals surface area contributed by atoms with Crippen LogP contribution in [0.1, 0.15) is 16.7 Å². The molecule has 2 aromatic carbocycles. The fraction of sp³-hybridized carbons (Fsp3) is 0.350. The van der Waals surface area contributed by atoms with Gasteiger partial charge in [-0.25, -0.2) is 0 Å². The molecule has 0 unspecified atom stereocenters. The normalized spacial score (nSPS) is 10.2. The Morgan fingerprint density at radius 3 is 2.20 bits per heavy atom. The van der Waals surface area contributed by atoms with E-state index in [1.165, 1.54) is 0 Å². The summed E-state index contributed by atoms with van der Waals surface area (Å²) in [6.07, 6.45) is 1.06. The molecule has 2 aromatic rings. The summed E-state index contributed by atoms with van der Waals surface area (Å²) in [6.45, 7) is 2.54. The van der Waals surface area contributed by atoms with Crippen molar-refractivity contribution in [3.05, 3.63) is 53.1 Å². The molecular weight excluding hydrogens is 318 g/mol. The lowest BCUT2D eigenvalue weighted by Gasteiger charge is -2.10. The first-order valence-corrected chi connectivity index (χ1v) is 8.18. The maximum absolute atomic E-state index is 12.1. The van der Waals surface area contributed by atoms with Gasteiger partial charge >= 0.3 is 0 Å². The summed E-state index contributed by atoms with van der Waals surface area (Å²) in [5.41, 5.74) is 3.07. The summed E-state index contributed by atoms with van der Waals surface area (Å²) < 4.78 is 15.8. The second-order valence-electron chi connectivity index (χ2n) is 5.77. The van der Waals surface area contributed by atoms with Crippen LogP contribution in [0, 0.1) is 6.92 Å². The lowest BCUT2D eigenvalue weighted by molar-refractivity contribution is -0.120. The lowest BCUT2D eigenvalue weighted by atomic mass is 10.1. The first-order valence-electron chi connectivity index (χ1n) is 8.18. The molecule has 0 saturated carbocycles. The van der Waals surface area contributed by atoms with Gasteiger partial charge in [0.2, 0.25) is 5.91 Å². The van der Waals surface area contributed by atoms with E-state index in [0.717, 1.165) is 28.9 Å². The van der Waals surface area contributed by atoms with E-state index in [1.807, 2.05) is 43.3 Å². The number of hydrogen-bond donors (Lipinski definition) is 1. The second kappa shape index (κ2) is 8.97. The minimum atomic E-state index is -0.00798. The topological polar surface area (TPSA) is 56.8 Å². The van der Waals surface area contributed by atoms with E-state index in [2.05, 4.69) is 5.32 Å². The van der Waals surface area contributed by atoms with Crippen molar-refractivity contribution in [2.24, 2.45) is 0 Å². The van der Waals surface area contributed by atoms with Gasteiger partial charge in [-0.2, -0.15) is 0 Å². The maximum Gasteiger partial charge on any atom is 0.224 e. The van der Waals surface area contributed by atoms with Crippen LogP contribution in [0.3, 0.4) is 0 Å². The molecule has 5 nitrogen and oxygen atoms in total. The number of methoxy groups -OCH3 is 3. The SMILES string of the molecule is COc1cc(CC(=O)NCCc2ccc(OC)c(OC)c2)ccc1C. The highest BCUT2D eigenvalue weighted by Gasteiger charge is 2.07. The molecule has 1 amide bonds. The largest absolute Gasteiger partial charge is 0.496 e. The molecule has 25 heavy (non-hydrogen) atoms. The Balaban J connectivity index is 1.86. The quantitative estimate of drug-likeness (QED) is 0.801. The molecule has 0 radical (unpaired) electrons. The number of benzene rings is 2. The minimum Gasteiger partial charge on any atom is -0.496 e. The van der Waals surface area contributed by atoms with Gasteiger partial charge in [-0.15, -0.1) is 0 Å². The predicted molar refractivity (Wildman–Crippen MR) is 97.7 cm³/mol. The molecule has 0 spiro atoms. The first kappa shape index (κ1) is 18.6. The smallest absolute Gasteiger partial charge is 0.224 e. The van der Waals surface area contributed by atoms with Gasteiger partial charge in [0.25, 0.3) is 0 Å². The fourth-order valence-corrected chi connectivity index (χ4v) is 2.60. The third kappa shape index (κ3) is 5.14. The molecule has 5 heteroatoms. The molecule has 134 valence electrons. The first-order chi connectivity index (χ1) is 12.1. The van der Waals surface area contributed by atoms with E-state index in [-0.39, 0.29) is 5.91 Å². The van der Waals surface area contributed by atoms with Crippen molar-refractivity contribution in [3.8, 4) is 17.2 Å². The van der Waals surface area contributed by atoms with E-state index >= 15 is 0 Å². The molecular formula is C20H25NO4. The zero-order chi connectivity index (χ0) is 18.2. The van der Waals surface area contributed by atoms with Crippen molar-refractivity contribution in [1.82, 2.24) is 5.32 Å². The van der Waals surface area contributed by atoms with Crippen molar-refractivity contribution in [2.45, 2.75) is 19.8 Å². The Hall–Kier alpha value is -2.69. The maximum atomic E-state index is 12.1. The van der Waals surface area contributed by atoms with Crippen molar-refractivity contribution < 1.29 is 19.0 Å². The van der Waals surface area contributed by atoms with Crippen LogP contribution in [-0.4, -0.2) is 33.8 Å². The van der Waals surface area contributed by atoms with E-state index in [0.29, 0.717) is 24.5 Å². The molecule has 1 N–H and O–H groups in total. The number of ether oxygens (including phenoxy) is 3. The zero-order valence-electron chi connectivity index (χ0n) is 15.2. The van der Waals surface area contributed by atoms with Crippen molar-refractivity contribution in [3.63, 3.8) is 0 Å². The number of carbonyl (C=O) groups excluding carboxylic acids is 1. The molecule has 0 fully saturated rings. The highest BCUT2D eigenvalue weighted by molar-refractivity contribution is 5.78. The molecule has 0 heterocycles. The summed E-state index contributed by atoms with van der Waals surface area (Å²) >= 11 is 0. The van der Waals surface area contributed by atoms with Crippen LogP contribution >= 0.6 is 0 Å². The molecule has 0 atom stereocenters. The van der Waals surface area contributed by atoms with Gasteiger partial charge in [-0.3, -0.25) is 4.79 Å². The summed E-state index contributed by atoms with van der Waals surface area (Å²) in [7, 11) is 4.85. The number of rotatable bonds is 8. The molecule has 0 aliphatic rings. The summed E-state index contributed by atoms with van der Waals surface area (Å²) in [6, 6.07) is 11.6. The summed E-state index contributed by atoms with van der Waals surface area (Å²) in [5, 5.41) is 2.95. The van der Waals surface area contributed by atoms with Crippen LogP contribution in [0.2, 0.25) is 0 Å². The molecule has 0 aliphatic carbocycles. The molecule has 0 aromatic heterocycles. The Morgan fingerprint density at radius 2 is 1.52 bits per heavy atom. The standard InChI is InChI=1S/C20H25NO4/c1-14-5-6-16(12-18(14)24-3)13-20(22)21-10-9-15-7-8-17(23-2)19(11-15)25-4/h5-8,11-12H,9-10,13H2,1-4H3,(H,21,22). The number of amides is 1. The van der Waals surface area contributed by atoms with Crippen LogP contribution in [-0.2, 0) is 17.6 Å². The van der Waals surface area contributed by atoms with E-state index in [1.54, 1.807) is 21.3 Å². The number of carbonyl (C=O) groups is 1. The molecule has 0 aliphatic heterocycles. The van der Waals surface area contributed by atoms with E-state index < -0.39 is 0 Å². The van der Waals surface area contributed by atoms with E-state index in [4.69, 9.17) is 14.2 Å². The monoisotopic (exact) mass is 343 g/mol. The van der Waals surface area contributed by atoms with Gasteiger partial charge < -0.3 is 19.5 Å². The summed E-state index contributed by atoms with van der Waals surface area (Å²) in [5.74, 6) is 2.18. The highest BCUT2D eigenvalue weighted by atomic mass is 16.5. The summed E-state index contributed by atoms with van der Waals surface area (Å²) in [4.78, 5) is 12.1. The molecule has 2 rings (SSSR count). The average Bonchev–Trinajstić information content (AvgIpc) is 2.63. The van der Waals surface area contributed by atoms with Gasteiger partial charge in [-0.1, -0.05) is 18.2 Å². The van der Waals surface area contributed by atoms with Crippen molar-refractivity contribution in [2.75, 3.05) is 27.9 Å². The average molecular weight is 343 g/mol. The van der Waals surface area contributed by atoms with Crippen LogP contribution in [0.5, 0.6) is 17.2 Å². The Kier molecular flexibility index (Phi) is 6.69. The third-order valence-corrected chi connectivity index (χ3v) is 4.02. The minimum absolute atomic E-state index is 0.00798. The van der Waals surface area contributed by atoms with Gasteiger partial charge in [0.15, 0.2) is 11.5 Å². The van der Waals surface area contributed by atoms with Crippen molar-refractivity contribution >= 4 is 5.91 Å². The Labute approximate surface area is 148 Å². The van der Waals surface area contributed by atoms with Crippen LogP contribution < -0.4 is 19.5 Å². The molecule has 0 bridgehead atoms. The fourth-order valence-electron chi connectivity index (χ4n) is 2.60. The Bertz CT molecular complexity index is 728. The number of hydrogen-bond acceptors (Lipinski definition) is 4. The lowest BCUT2D eigenvalue weighted by Crippen LogP contribution is -2.27. The number of nitrogens with one attached hydrogen (secondary N) is 1. The van der Waals surface area contributed by atoms with Crippen LogP contribution in [0.4, 0.5) is 0 Å². The zero-order valence-corrected chi connectivity index (χ0v) is 15.2. The van der Waals surface area contributed by atoms with Gasteiger partial charge in [0.1, 0.15) is 5.75 Å². The Morgan fingerprint density at radius 1 is 0.880 bits per heavy atom. The van der Waals surface area contributed by atoms with Gasteiger partial charge in [-0.05, 0) is 48.2 Å². The predicted octanol–water partition coefficient (Wildman–Crippen LogP) is 2.92. The van der Waals surface area contributed by atoms with Crippen LogP contribution in [0.15, 0.2) is 36.4 Å². The van der Waals surface area contributed by atoms with Gasteiger partial charge in [0.05, 0.1) is 27.8 Å². The number of aryl methyl sites for hydroxylation is 1. The molecule has 0 saturated heterocycles. The van der Waals surface area contributed by atoms with Crippen molar-refractivity contribution in [1.29, 1.82) is 0 Å². The second-order valence-corrected chi connectivity index (χ2v) is 5.77. The van der Waals surface area contributed by atoms with Crippen LogP contribution in [0.25, 0.3) is 0 Å².